The second kappa shape index (κ2) is 9.03. The van der Waals surface area contributed by atoms with Gasteiger partial charge in [0.25, 0.3) is 0 Å². The molecule has 0 amide bonds. The third-order valence-corrected chi connectivity index (χ3v) is 5.25. The fourth-order valence-electron chi connectivity index (χ4n) is 3.87. The second-order valence-corrected chi connectivity index (χ2v) is 7.53. The van der Waals surface area contributed by atoms with Crippen molar-refractivity contribution in [2.24, 2.45) is 4.99 Å². The Kier molecular flexibility index (Phi) is 6.02. The Hall–Kier alpha value is -3.28. The average Bonchev–Trinajstić information content (AvgIpc) is 3.10. The van der Waals surface area contributed by atoms with E-state index in [1.165, 1.54) is 5.56 Å². The molecule has 0 saturated carbocycles. The first kappa shape index (κ1) is 20.0. The standard InChI is InChI=1S/C24H29N5O/c1-4-25-24(27-21-13-14-30-23-12-8-6-10-20(21)23)26-16-19-9-5-7-11-22(19)29-18(3)15-17(2)28-29/h5-12,15,21H,4,13-14,16H2,1-3H3,(H2,25,26,27). The normalized spacial score (nSPS) is 16.0. The molecule has 0 bridgehead atoms. The summed E-state index contributed by atoms with van der Waals surface area (Å²) < 4.78 is 7.79. The number of benzene rings is 2. The van der Waals surface area contributed by atoms with Gasteiger partial charge >= 0.3 is 0 Å². The van der Waals surface area contributed by atoms with Crippen molar-refractivity contribution in [2.45, 2.75) is 39.8 Å². The number of hydrogen-bond acceptors (Lipinski definition) is 3. The van der Waals surface area contributed by atoms with Crippen LogP contribution in [0.4, 0.5) is 0 Å². The van der Waals surface area contributed by atoms with Gasteiger partial charge in [0.1, 0.15) is 5.75 Å². The van der Waals surface area contributed by atoms with Crippen LogP contribution in [0.1, 0.15) is 41.9 Å². The zero-order valence-electron chi connectivity index (χ0n) is 17.9. The molecule has 6 heteroatoms. The number of hydrogen-bond donors (Lipinski definition) is 2. The van der Waals surface area contributed by atoms with Crippen LogP contribution in [0.5, 0.6) is 5.75 Å². The van der Waals surface area contributed by atoms with Gasteiger partial charge in [-0.3, -0.25) is 0 Å². The van der Waals surface area contributed by atoms with Gasteiger partial charge in [0.05, 0.1) is 30.6 Å². The highest BCUT2D eigenvalue weighted by atomic mass is 16.5. The SMILES string of the molecule is CCNC(=NCc1ccccc1-n1nc(C)cc1C)NC1CCOc2ccccc21. The Morgan fingerprint density at radius 1 is 1.17 bits per heavy atom. The number of para-hydroxylation sites is 2. The fourth-order valence-corrected chi connectivity index (χ4v) is 3.87. The van der Waals surface area contributed by atoms with Crippen LogP contribution in [-0.2, 0) is 6.54 Å². The van der Waals surface area contributed by atoms with E-state index in [0.717, 1.165) is 47.3 Å². The number of aryl methyl sites for hydroxylation is 2. The smallest absolute Gasteiger partial charge is 0.192 e. The number of aliphatic imine (C=N–C) groups is 1. The second-order valence-electron chi connectivity index (χ2n) is 7.53. The van der Waals surface area contributed by atoms with Crippen LogP contribution in [0, 0.1) is 13.8 Å². The Morgan fingerprint density at radius 3 is 2.77 bits per heavy atom. The topological polar surface area (TPSA) is 63.5 Å². The first-order chi connectivity index (χ1) is 14.7. The Balaban J connectivity index is 1.57. The van der Waals surface area contributed by atoms with Crippen molar-refractivity contribution in [3.63, 3.8) is 0 Å². The lowest BCUT2D eigenvalue weighted by atomic mass is 10.0. The molecular formula is C24H29N5O. The lowest BCUT2D eigenvalue weighted by molar-refractivity contribution is 0.261. The summed E-state index contributed by atoms with van der Waals surface area (Å²) in [5, 5.41) is 11.6. The molecular weight excluding hydrogens is 374 g/mol. The minimum atomic E-state index is 0.180. The summed E-state index contributed by atoms with van der Waals surface area (Å²) in [5.74, 6) is 1.76. The van der Waals surface area contributed by atoms with Crippen LogP contribution in [0.3, 0.4) is 0 Å². The van der Waals surface area contributed by atoms with Gasteiger partial charge in [-0.25, -0.2) is 9.67 Å². The van der Waals surface area contributed by atoms with Crippen molar-refractivity contribution < 1.29 is 4.74 Å². The quantitative estimate of drug-likeness (QED) is 0.498. The minimum Gasteiger partial charge on any atom is -0.493 e. The zero-order valence-corrected chi connectivity index (χ0v) is 17.9. The van der Waals surface area contributed by atoms with E-state index < -0.39 is 0 Å². The molecule has 2 aromatic carbocycles. The number of ether oxygens (including phenoxy) is 1. The largest absolute Gasteiger partial charge is 0.493 e. The number of aromatic nitrogens is 2. The van der Waals surface area contributed by atoms with Gasteiger partial charge < -0.3 is 15.4 Å². The molecule has 1 aliphatic heterocycles. The molecule has 4 rings (SSSR count). The molecule has 0 saturated heterocycles. The minimum absolute atomic E-state index is 0.180. The van der Waals surface area contributed by atoms with E-state index in [0.29, 0.717) is 13.2 Å². The Labute approximate surface area is 178 Å². The molecule has 2 N–H and O–H groups in total. The predicted molar refractivity (Wildman–Crippen MR) is 120 cm³/mol. The molecule has 6 nitrogen and oxygen atoms in total. The highest BCUT2D eigenvalue weighted by Crippen LogP contribution is 2.31. The molecule has 2 heterocycles. The van der Waals surface area contributed by atoms with E-state index in [1.54, 1.807) is 0 Å². The highest BCUT2D eigenvalue weighted by Gasteiger charge is 2.21. The number of guanidine groups is 1. The molecule has 1 aromatic heterocycles. The van der Waals surface area contributed by atoms with E-state index in [1.807, 2.05) is 29.8 Å². The number of nitrogens with one attached hydrogen (secondary N) is 2. The first-order valence-corrected chi connectivity index (χ1v) is 10.5. The molecule has 3 aromatic rings. The van der Waals surface area contributed by atoms with Crippen LogP contribution < -0.4 is 15.4 Å². The molecule has 156 valence electrons. The summed E-state index contributed by atoms with van der Waals surface area (Å²) >= 11 is 0. The third kappa shape index (κ3) is 4.32. The van der Waals surface area contributed by atoms with Crippen molar-refractivity contribution >= 4 is 5.96 Å². The van der Waals surface area contributed by atoms with Crippen LogP contribution in [-0.4, -0.2) is 28.9 Å². The summed E-state index contributed by atoms with van der Waals surface area (Å²) in [6.07, 6.45) is 0.907. The van der Waals surface area contributed by atoms with E-state index in [9.17, 15) is 0 Å². The van der Waals surface area contributed by atoms with Gasteiger partial charge in [0.15, 0.2) is 5.96 Å². The summed E-state index contributed by atoms with van der Waals surface area (Å²) in [6.45, 7) is 8.25. The molecule has 0 aliphatic carbocycles. The highest BCUT2D eigenvalue weighted by molar-refractivity contribution is 5.80. The molecule has 0 fully saturated rings. The molecule has 30 heavy (non-hydrogen) atoms. The van der Waals surface area contributed by atoms with Crippen LogP contribution in [0.2, 0.25) is 0 Å². The summed E-state index contributed by atoms with van der Waals surface area (Å²) in [4.78, 5) is 4.89. The summed E-state index contributed by atoms with van der Waals surface area (Å²) in [5.41, 5.74) is 5.51. The maximum Gasteiger partial charge on any atom is 0.192 e. The van der Waals surface area contributed by atoms with Crippen molar-refractivity contribution in [1.82, 2.24) is 20.4 Å². The van der Waals surface area contributed by atoms with Crippen molar-refractivity contribution in [2.75, 3.05) is 13.2 Å². The lowest BCUT2D eigenvalue weighted by Crippen LogP contribution is -2.41. The maximum absolute atomic E-state index is 5.79. The van der Waals surface area contributed by atoms with Gasteiger partial charge in [0.2, 0.25) is 0 Å². The van der Waals surface area contributed by atoms with Crippen molar-refractivity contribution in [1.29, 1.82) is 0 Å². The Morgan fingerprint density at radius 2 is 1.97 bits per heavy atom. The van der Waals surface area contributed by atoms with E-state index >= 15 is 0 Å². The van der Waals surface area contributed by atoms with Gasteiger partial charge in [-0.1, -0.05) is 36.4 Å². The summed E-state index contributed by atoms with van der Waals surface area (Å²) in [7, 11) is 0. The van der Waals surface area contributed by atoms with Gasteiger partial charge in [-0.05, 0) is 44.5 Å². The van der Waals surface area contributed by atoms with Crippen LogP contribution in [0.25, 0.3) is 5.69 Å². The van der Waals surface area contributed by atoms with Gasteiger partial charge in [-0.15, -0.1) is 0 Å². The van der Waals surface area contributed by atoms with Crippen LogP contribution in [0.15, 0.2) is 59.6 Å². The van der Waals surface area contributed by atoms with E-state index in [4.69, 9.17) is 9.73 Å². The fraction of sp³-hybridized carbons (Fsp3) is 0.333. The number of fused-ring (bicyclic) bond motifs is 1. The number of nitrogens with zero attached hydrogens (tertiary/aromatic N) is 3. The third-order valence-electron chi connectivity index (χ3n) is 5.25. The zero-order chi connectivity index (χ0) is 20.9. The molecule has 1 unspecified atom stereocenters. The maximum atomic E-state index is 5.79. The van der Waals surface area contributed by atoms with Crippen molar-refractivity contribution in [3.8, 4) is 11.4 Å². The first-order valence-electron chi connectivity index (χ1n) is 10.5. The molecule has 0 radical (unpaired) electrons. The van der Waals surface area contributed by atoms with Gasteiger partial charge in [-0.2, -0.15) is 5.10 Å². The average molecular weight is 404 g/mol. The van der Waals surface area contributed by atoms with Gasteiger partial charge in [0, 0.05) is 24.2 Å². The monoisotopic (exact) mass is 403 g/mol. The lowest BCUT2D eigenvalue weighted by Gasteiger charge is -2.28. The molecule has 1 aliphatic rings. The van der Waals surface area contributed by atoms with E-state index in [-0.39, 0.29) is 6.04 Å². The van der Waals surface area contributed by atoms with Crippen LogP contribution >= 0.6 is 0 Å². The molecule has 1 atom stereocenters. The predicted octanol–water partition coefficient (Wildman–Crippen LogP) is 4.07. The molecule has 0 spiro atoms. The number of rotatable bonds is 5. The van der Waals surface area contributed by atoms with Crippen molar-refractivity contribution in [3.05, 3.63) is 77.1 Å². The summed E-state index contributed by atoms with van der Waals surface area (Å²) in [6, 6.07) is 18.8. The Bertz CT molecular complexity index is 1040. The van der Waals surface area contributed by atoms with E-state index in [2.05, 4.69) is 66.0 Å².